The van der Waals surface area contributed by atoms with Crippen molar-refractivity contribution in [3.63, 3.8) is 0 Å². The largest absolute Gasteiger partial charge is 0.476 e. The van der Waals surface area contributed by atoms with Crippen LogP contribution in [0.25, 0.3) is 0 Å². The maximum absolute atomic E-state index is 10.6. The van der Waals surface area contributed by atoms with Gasteiger partial charge in [-0.3, -0.25) is 0 Å². The molecule has 0 spiro atoms. The lowest BCUT2D eigenvalue weighted by Gasteiger charge is -2.24. The summed E-state index contributed by atoms with van der Waals surface area (Å²) in [5.74, 6) is -0.962. The molecule has 2 rings (SSSR count). The Hall–Kier alpha value is -1.10. The first kappa shape index (κ1) is 10.4. The van der Waals surface area contributed by atoms with E-state index in [1.807, 2.05) is 0 Å². The molecular formula is C10H14N2O2S. The number of aromatic carboxylic acids is 1. The number of aromatic nitrogens is 1. The Morgan fingerprint density at radius 3 is 2.80 bits per heavy atom. The van der Waals surface area contributed by atoms with E-state index in [4.69, 9.17) is 5.11 Å². The lowest BCUT2D eigenvalue weighted by Crippen LogP contribution is -2.30. The summed E-state index contributed by atoms with van der Waals surface area (Å²) < 4.78 is 0. The third-order valence-electron chi connectivity index (χ3n) is 2.84. The van der Waals surface area contributed by atoms with Crippen LogP contribution >= 0.6 is 11.3 Å². The summed E-state index contributed by atoms with van der Waals surface area (Å²) in [5.41, 5.74) is 0.234. The number of nitrogens with zero attached hydrogens (tertiary/aromatic N) is 1. The smallest absolute Gasteiger partial charge is 0.355 e. The molecular weight excluding hydrogens is 212 g/mol. The van der Waals surface area contributed by atoms with Gasteiger partial charge in [-0.1, -0.05) is 12.8 Å². The number of carboxylic acids is 1. The molecule has 1 aliphatic carbocycles. The number of rotatable bonds is 3. The quantitative estimate of drug-likeness (QED) is 0.831. The van der Waals surface area contributed by atoms with Crippen molar-refractivity contribution in [1.29, 1.82) is 0 Å². The van der Waals surface area contributed by atoms with Crippen LogP contribution in [-0.2, 0) is 0 Å². The summed E-state index contributed by atoms with van der Waals surface area (Å²) in [7, 11) is 0. The van der Waals surface area contributed by atoms with Gasteiger partial charge in [-0.25, -0.2) is 9.78 Å². The fourth-order valence-electron chi connectivity index (χ4n) is 1.97. The molecule has 4 nitrogen and oxygen atoms in total. The maximum atomic E-state index is 10.6. The van der Waals surface area contributed by atoms with Gasteiger partial charge < -0.3 is 10.4 Å². The minimum Gasteiger partial charge on any atom is -0.476 e. The van der Waals surface area contributed by atoms with E-state index in [9.17, 15) is 4.79 Å². The third-order valence-corrected chi connectivity index (χ3v) is 3.60. The van der Waals surface area contributed by atoms with Gasteiger partial charge in [-0.05, 0) is 19.8 Å². The highest BCUT2D eigenvalue weighted by atomic mass is 32.1. The Morgan fingerprint density at radius 2 is 2.27 bits per heavy atom. The van der Waals surface area contributed by atoms with Crippen molar-refractivity contribution < 1.29 is 9.90 Å². The van der Waals surface area contributed by atoms with Crippen molar-refractivity contribution in [3.05, 3.63) is 11.1 Å². The second-order valence-corrected chi connectivity index (χ2v) is 5.09. The van der Waals surface area contributed by atoms with Crippen molar-refractivity contribution in [2.75, 3.05) is 5.32 Å². The molecule has 2 N–H and O–H groups in total. The molecule has 0 aliphatic heterocycles. The highest BCUT2D eigenvalue weighted by molar-refractivity contribution is 7.13. The fourth-order valence-corrected chi connectivity index (χ4v) is 2.80. The zero-order chi connectivity index (χ0) is 10.9. The summed E-state index contributed by atoms with van der Waals surface area (Å²) in [6.07, 6.45) is 4.74. The van der Waals surface area contributed by atoms with Gasteiger partial charge in [0.1, 0.15) is 0 Å². The first-order chi connectivity index (χ1) is 7.09. The summed E-state index contributed by atoms with van der Waals surface area (Å²) in [4.78, 5) is 14.7. The van der Waals surface area contributed by atoms with Gasteiger partial charge in [0.05, 0.1) is 0 Å². The van der Waals surface area contributed by atoms with Gasteiger partial charge in [-0.2, -0.15) is 0 Å². The predicted molar refractivity (Wildman–Crippen MR) is 59.6 cm³/mol. The SMILES string of the molecule is CC1(Nc2nc(C(=O)O)cs2)CCCC1. The molecule has 82 valence electrons. The molecule has 1 fully saturated rings. The van der Waals surface area contributed by atoms with Crippen LogP contribution in [0, 0.1) is 0 Å². The molecule has 1 heterocycles. The molecule has 1 saturated carbocycles. The molecule has 0 saturated heterocycles. The lowest BCUT2D eigenvalue weighted by atomic mass is 10.0. The van der Waals surface area contributed by atoms with Gasteiger partial charge in [0.25, 0.3) is 0 Å². The van der Waals surface area contributed by atoms with E-state index >= 15 is 0 Å². The molecule has 0 unspecified atom stereocenters. The number of hydrogen-bond acceptors (Lipinski definition) is 4. The average molecular weight is 226 g/mol. The Morgan fingerprint density at radius 1 is 1.60 bits per heavy atom. The standard InChI is InChI=1S/C10H14N2O2S/c1-10(4-2-3-5-10)12-9-11-7(6-15-9)8(13)14/h6H,2-5H2,1H3,(H,11,12)(H,13,14). The predicted octanol–water partition coefficient (Wildman–Crippen LogP) is 2.59. The Labute approximate surface area is 92.3 Å². The minimum absolute atomic E-state index is 0.105. The first-order valence-electron chi connectivity index (χ1n) is 5.06. The average Bonchev–Trinajstić information content (AvgIpc) is 2.75. The molecule has 1 aromatic heterocycles. The van der Waals surface area contributed by atoms with E-state index in [2.05, 4.69) is 17.2 Å². The van der Waals surface area contributed by atoms with Crippen molar-refractivity contribution in [1.82, 2.24) is 4.98 Å². The van der Waals surface area contributed by atoms with E-state index in [1.54, 1.807) is 5.38 Å². The molecule has 1 aromatic rings. The number of carbonyl (C=O) groups is 1. The highest BCUT2D eigenvalue weighted by Crippen LogP contribution is 2.33. The summed E-state index contributed by atoms with van der Waals surface area (Å²) in [6, 6.07) is 0. The molecule has 0 bridgehead atoms. The normalized spacial score (nSPS) is 19.0. The number of hydrogen-bond donors (Lipinski definition) is 2. The molecule has 1 aliphatic rings. The van der Waals surface area contributed by atoms with Gasteiger partial charge in [0.2, 0.25) is 0 Å². The van der Waals surface area contributed by atoms with Crippen molar-refractivity contribution in [3.8, 4) is 0 Å². The third kappa shape index (κ3) is 2.28. The molecule has 0 atom stereocenters. The van der Waals surface area contributed by atoms with Crippen LogP contribution in [0.3, 0.4) is 0 Å². The Balaban J connectivity index is 2.07. The molecule has 0 aromatic carbocycles. The second kappa shape index (κ2) is 3.81. The summed E-state index contributed by atoms with van der Waals surface area (Å²) in [5, 5.41) is 14.4. The van der Waals surface area contributed by atoms with Gasteiger partial charge in [0.15, 0.2) is 10.8 Å². The van der Waals surface area contributed by atoms with E-state index in [-0.39, 0.29) is 11.2 Å². The van der Waals surface area contributed by atoms with Crippen LogP contribution < -0.4 is 5.32 Å². The molecule has 5 heteroatoms. The van der Waals surface area contributed by atoms with Crippen LogP contribution in [-0.4, -0.2) is 21.6 Å². The Bertz CT molecular complexity index is 369. The summed E-state index contributed by atoms with van der Waals surface area (Å²) >= 11 is 1.36. The summed E-state index contributed by atoms with van der Waals surface area (Å²) in [6.45, 7) is 2.17. The van der Waals surface area contributed by atoms with Crippen LogP contribution in [0.15, 0.2) is 5.38 Å². The Kier molecular flexibility index (Phi) is 2.65. The van der Waals surface area contributed by atoms with Crippen LogP contribution in [0.5, 0.6) is 0 Å². The van der Waals surface area contributed by atoms with Crippen molar-refractivity contribution in [2.45, 2.75) is 38.1 Å². The van der Waals surface area contributed by atoms with E-state index < -0.39 is 5.97 Å². The van der Waals surface area contributed by atoms with Crippen molar-refractivity contribution >= 4 is 22.4 Å². The maximum Gasteiger partial charge on any atom is 0.355 e. The van der Waals surface area contributed by atoms with E-state index in [1.165, 1.54) is 24.2 Å². The van der Waals surface area contributed by atoms with Crippen LogP contribution in [0.4, 0.5) is 5.13 Å². The topological polar surface area (TPSA) is 62.2 Å². The molecule has 0 amide bonds. The minimum atomic E-state index is -0.962. The number of nitrogens with one attached hydrogen (secondary N) is 1. The number of thiazole rings is 1. The zero-order valence-electron chi connectivity index (χ0n) is 8.62. The number of anilines is 1. The molecule has 15 heavy (non-hydrogen) atoms. The lowest BCUT2D eigenvalue weighted by molar-refractivity contribution is 0.0691. The van der Waals surface area contributed by atoms with Crippen LogP contribution in [0.1, 0.15) is 43.1 Å². The van der Waals surface area contributed by atoms with Crippen molar-refractivity contribution in [2.24, 2.45) is 0 Å². The molecule has 0 radical (unpaired) electrons. The first-order valence-corrected chi connectivity index (χ1v) is 5.94. The van der Waals surface area contributed by atoms with Gasteiger partial charge >= 0.3 is 5.97 Å². The zero-order valence-corrected chi connectivity index (χ0v) is 9.43. The second-order valence-electron chi connectivity index (χ2n) is 4.24. The number of carboxylic acid groups (broad SMARTS) is 1. The van der Waals surface area contributed by atoms with Gasteiger partial charge in [-0.15, -0.1) is 11.3 Å². The van der Waals surface area contributed by atoms with Crippen LogP contribution in [0.2, 0.25) is 0 Å². The fraction of sp³-hybridized carbons (Fsp3) is 0.600. The van der Waals surface area contributed by atoms with E-state index in [0.29, 0.717) is 0 Å². The highest BCUT2D eigenvalue weighted by Gasteiger charge is 2.29. The monoisotopic (exact) mass is 226 g/mol. The van der Waals surface area contributed by atoms with E-state index in [0.717, 1.165) is 18.0 Å². The van der Waals surface area contributed by atoms with Gasteiger partial charge in [0, 0.05) is 10.9 Å².